The zero-order valence-electron chi connectivity index (χ0n) is 12.1. The maximum atomic E-state index is 12.1. The van der Waals surface area contributed by atoms with Crippen LogP contribution in [0.4, 0.5) is 4.79 Å². The van der Waals surface area contributed by atoms with Crippen molar-refractivity contribution in [2.24, 2.45) is 0 Å². The predicted octanol–water partition coefficient (Wildman–Crippen LogP) is 0.0420. The Kier molecular flexibility index (Phi) is 4.19. The van der Waals surface area contributed by atoms with Crippen molar-refractivity contribution in [3.8, 4) is 0 Å². The number of nitrogens with one attached hydrogen (secondary N) is 2. The van der Waals surface area contributed by atoms with E-state index in [0.717, 1.165) is 44.7 Å². The van der Waals surface area contributed by atoms with E-state index in [1.165, 1.54) is 6.07 Å². The molecule has 0 aromatic carbocycles. The fourth-order valence-electron chi connectivity index (χ4n) is 2.83. The Morgan fingerprint density at radius 1 is 1.29 bits per heavy atom. The molecule has 3 heterocycles. The molecule has 2 aliphatic heterocycles. The van der Waals surface area contributed by atoms with E-state index in [1.807, 2.05) is 0 Å². The molecule has 21 heavy (non-hydrogen) atoms. The summed E-state index contributed by atoms with van der Waals surface area (Å²) in [4.78, 5) is 30.4. The minimum Gasteiger partial charge on any atom is -0.332 e. The van der Waals surface area contributed by atoms with E-state index >= 15 is 0 Å². The number of hydrogen-bond donors (Lipinski definition) is 2. The maximum Gasteiger partial charge on any atom is 0.317 e. The molecule has 0 bridgehead atoms. The van der Waals surface area contributed by atoms with Crippen molar-refractivity contribution in [1.82, 2.24) is 25.1 Å². The largest absolute Gasteiger partial charge is 0.332 e. The number of fused-ring (bicyclic) bond motifs is 1. The second-order valence-electron chi connectivity index (χ2n) is 5.54. The third-order valence-electron chi connectivity index (χ3n) is 3.97. The van der Waals surface area contributed by atoms with Gasteiger partial charge in [-0.25, -0.2) is 9.78 Å². The summed E-state index contributed by atoms with van der Waals surface area (Å²) in [6, 6.07) is 1.46. The third-order valence-corrected chi connectivity index (χ3v) is 3.97. The molecule has 0 spiro atoms. The smallest absolute Gasteiger partial charge is 0.317 e. The second kappa shape index (κ2) is 6.26. The predicted molar refractivity (Wildman–Crippen MR) is 77.9 cm³/mol. The van der Waals surface area contributed by atoms with E-state index in [-0.39, 0.29) is 11.6 Å². The molecule has 1 fully saturated rings. The van der Waals surface area contributed by atoms with Gasteiger partial charge < -0.3 is 15.5 Å². The first kappa shape index (κ1) is 14.1. The highest BCUT2D eigenvalue weighted by molar-refractivity contribution is 5.74. The first-order valence-corrected chi connectivity index (χ1v) is 7.57. The lowest BCUT2D eigenvalue weighted by Gasteiger charge is -2.16. The number of carbonyl (C=O) groups excluding carboxylic acids is 1. The molecule has 7 nitrogen and oxygen atoms in total. The summed E-state index contributed by atoms with van der Waals surface area (Å²) >= 11 is 0. The number of hydrogen-bond acceptors (Lipinski definition) is 4. The molecule has 0 aliphatic carbocycles. The maximum absolute atomic E-state index is 12.1. The first-order chi connectivity index (χ1) is 10.2. The van der Waals surface area contributed by atoms with Gasteiger partial charge in [0.05, 0.1) is 18.8 Å². The number of rotatable bonds is 2. The van der Waals surface area contributed by atoms with E-state index in [0.29, 0.717) is 25.3 Å². The van der Waals surface area contributed by atoms with Crippen LogP contribution in [0, 0.1) is 0 Å². The van der Waals surface area contributed by atoms with Crippen LogP contribution in [0.2, 0.25) is 0 Å². The summed E-state index contributed by atoms with van der Waals surface area (Å²) in [6.45, 7) is 4.13. The highest BCUT2D eigenvalue weighted by atomic mass is 16.2. The Morgan fingerprint density at radius 3 is 2.90 bits per heavy atom. The van der Waals surface area contributed by atoms with Gasteiger partial charge in [-0.2, -0.15) is 0 Å². The van der Waals surface area contributed by atoms with Crippen molar-refractivity contribution in [2.75, 3.05) is 19.6 Å². The summed E-state index contributed by atoms with van der Waals surface area (Å²) < 4.78 is 1.71. The van der Waals surface area contributed by atoms with Crippen molar-refractivity contribution in [2.45, 2.75) is 38.9 Å². The molecule has 2 aliphatic rings. The summed E-state index contributed by atoms with van der Waals surface area (Å²) in [5.74, 6) is 0.755. The number of aromatic nitrogens is 2. The fourth-order valence-corrected chi connectivity index (χ4v) is 2.83. The van der Waals surface area contributed by atoms with Gasteiger partial charge in [0, 0.05) is 25.7 Å². The van der Waals surface area contributed by atoms with Crippen LogP contribution >= 0.6 is 0 Å². The van der Waals surface area contributed by atoms with Gasteiger partial charge in [-0.3, -0.25) is 9.36 Å². The Morgan fingerprint density at radius 2 is 2.10 bits per heavy atom. The standard InChI is InChI=1S/C14H21N5O2/c20-13-8-11(9-16-14(21)18-5-1-2-6-18)17-12-10-15-4-3-7-19(12)13/h8,15H,1-7,9-10H2,(H,16,21). The minimum absolute atomic E-state index is 0.0332. The van der Waals surface area contributed by atoms with Crippen molar-refractivity contribution >= 4 is 6.03 Å². The van der Waals surface area contributed by atoms with Crippen LogP contribution in [0.3, 0.4) is 0 Å². The molecular weight excluding hydrogens is 270 g/mol. The monoisotopic (exact) mass is 291 g/mol. The lowest BCUT2D eigenvalue weighted by molar-refractivity contribution is 0.208. The molecule has 1 aromatic heterocycles. The molecule has 0 atom stereocenters. The Labute approximate surface area is 123 Å². The lowest BCUT2D eigenvalue weighted by atomic mass is 10.3. The van der Waals surface area contributed by atoms with Gasteiger partial charge >= 0.3 is 6.03 Å². The molecule has 2 N–H and O–H groups in total. The zero-order valence-corrected chi connectivity index (χ0v) is 12.1. The zero-order chi connectivity index (χ0) is 14.7. The van der Waals surface area contributed by atoms with Gasteiger partial charge in [-0.05, 0) is 25.8 Å². The molecule has 1 aromatic rings. The molecule has 0 radical (unpaired) electrons. The molecule has 1 saturated heterocycles. The van der Waals surface area contributed by atoms with Crippen LogP contribution in [-0.2, 0) is 19.6 Å². The van der Waals surface area contributed by atoms with Gasteiger partial charge in [0.2, 0.25) is 0 Å². The quantitative estimate of drug-likeness (QED) is 0.806. The van der Waals surface area contributed by atoms with E-state index in [1.54, 1.807) is 9.47 Å². The van der Waals surface area contributed by atoms with Crippen molar-refractivity contribution in [3.05, 3.63) is 27.9 Å². The number of urea groups is 1. The molecule has 2 amide bonds. The van der Waals surface area contributed by atoms with E-state index in [2.05, 4.69) is 15.6 Å². The summed E-state index contributed by atoms with van der Waals surface area (Å²) in [5, 5.41) is 6.10. The minimum atomic E-state index is -0.0672. The Hall–Kier alpha value is -1.89. The topological polar surface area (TPSA) is 79.3 Å². The average molecular weight is 291 g/mol. The summed E-state index contributed by atoms with van der Waals surface area (Å²) in [5.41, 5.74) is 0.594. The summed E-state index contributed by atoms with van der Waals surface area (Å²) in [6.07, 6.45) is 3.06. The van der Waals surface area contributed by atoms with Crippen molar-refractivity contribution in [1.29, 1.82) is 0 Å². The second-order valence-corrected chi connectivity index (χ2v) is 5.54. The fraction of sp³-hybridized carbons (Fsp3) is 0.643. The Balaban J connectivity index is 1.68. The number of carbonyl (C=O) groups is 1. The number of amides is 2. The molecule has 3 rings (SSSR count). The van der Waals surface area contributed by atoms with Crippen LogP contribution in [0.25, 0.3) is 0 Å². The van der Waals surface area contributed by atoms with Crippen LogP contribution in [-0.4, -0.2) is 40.1 Å². The van der Waals surface area contributed by atoms with Gasteiger partial charge in [-0.15, -0.1) is 0 Å². The number of nitrogens with zero attached hydrogens (tertiary/aromatic N) is 3. The van der Waals surface area contributed by atoms with E-state index < -0.39 is 0 Å². The van der Waals surface area contributed by atoms with Gasteiger partial charge in [0.25, 0.3) is 5.56 Å². The third kappa shape index (κ3) is 3.24. The molecule has 0 unspecified atom stereocenters. The summed E-state index contributed by atoms with van der Waals surface area (Å²) in [7, 11) is 0. The van der Waals surface area contributed by atoms with Crippen LogP contribution in [0.15, 0.2) is 10.9 Å². The highest BCUT2D eigenvalue weighted by Gasteiger charge is 2.18. The van der Waals surface area contributed by atoms with Gasteiger partial charge in [0.1, 0.15) is 5.82 Å². The molecule has 114 valence electrons. The Bertz CT molecular complexity index is 577. The normalized spacial score (nSPS) is 18.2. The first-order valence-electron chi connectivity index (χ1n) is 7.57. The lowest BCUT2D eigenvalue weighted by Crippen LogP contribution is -2.38. The van der Waals surface area contributed by atoms with Gasteiger partial charge in [0.15, 0.2) is 0 Å². The highest BCUT2D eigenvalue weighted by Crippen LogP contribution is 2.07. The molecule has 0 saturated carbocycles. The number of likely N-dealkylation sites (tertiary alicyclic amines) is 1. The molecule has 7 heteroatoms. The van der Waals surface area contributed by atoms with Crippen LogP contribution in [0.1, 0.15) is 30.8 Å². The van der Waals surface area contributed by atoms with Crippen LogP contribution in [0.5, 0.6) is 0 Å². The molecular formula is C14H21N5O2. The van der Waals surface area contributed by atoms with Gasteiger partial charge in [-0.1, -0.05) is 0 Å². The van der Waals surface area contributed by atoms with E-state index in [9.17, 15) is 9.59 Å². The van der Waals surface area contributed by atoms with Crippen molar-refractivity contribution < 1.29 is 4.79 Å². The average Bonchev–Trinajstić information content (AvgIpc) is 2.91. The van der Waals surface area contributed by atoms with Crippen LogP contribution < -0.4 is 16.2 Å². The van der Waals surface area contributed by atoms with E-state index in [4.69, 9.17) is 0 Å². The SMILES string of the molecule is O=C(NCc1cc(=O)n2c(n1)CNCCC2)N1CCCC1. The van der Waals surface area contributed by atoms with Crippen molar-refractivity contribution in [3.63, 3.8) is 0 Å².